The third-order valence-corrected chi connectivity index (χ3v) is 4.46. The Morgan fingerprint density at radius 1 is 1.29 bits per heavy atom. The highest BCUT2D eigenvalue weighted by Crippen LogP contribution is 2.16. The summed E-state index contributed by atoms with van der Waals surface area (Å²) >= 11 is 0. The van der Waals surface area contributed by atoms with E-state index in [0.29, 0.717) is 6.54 Å². The van der Waals surface area contributed by atoms with Gasteiger partial charge in [-0.3, -0.25) is 9.79 Å². The van der Waals surface area contributed by atoms with E-state index in [0.717, 1.165) is 37.9 Å². The average Bonchev–Trinajstić information content (AvgIpc) is 2.50. The lowest BCUT2D eigenvalue weighted by Crippen LogP contribution is -2.41. The predicted molar refractivity (Wildman–Crippen MR) is 112 cm³/mol. The van der Waals surface area contributed by atoms with Gasteiger partial charge in [-0.25, -0.2) is 0 Å². The first-order valence-corrected chi connectivity index (χ1v) is 8.89. The van der Waals surface area contributed by atoms with Gasteiger partial charge in [0.25, 0.3) is 0 Å². The van der Waals surface area contributed by atoms with Gasteiger partial charge in [0.2, 0.25) is 5.91 Å². The first kappa shape index (κ1) is 23.4. The minimum atomic E-state index is -0.618. The molecule has 6 nitrogen and oxygen atoms in total. The molecule has 1 amide bonds. The molecular formula is C17H36IN5O. The number of nitrogens with two attached hydrogens (primary N) is 1. The van der Waals surface area contributed by atoms with Gasteiger partial charge in [-0.2, -0.15) is 0 Å². The molecule has 4 N–H and O–H groups in total. The first-order chi connectivity index (χ1) is 10.8. The highest BCUT2D eigenvalue weighted by molar-refractivity contribution is 14.0. The highest BCUT2D eigenvalue weighted by Gasteiger charge is 2.24. The van der Waals surface area contributed by atoms with E-state index in [1.165, 1.54) is 25.9 Å². The van der Waals surface area contributed by atoms with Crippen molar-refractivity contribution in [3.63, 3.8) is 0 Å². The standard InChI is InChI=1S/C17H35N5O.HI/c1-5-19-16(21-13-17(3,4)15(18)23)20-9-6-10-22-11-7-14(2)8-12-22;/h14H,5-13H2,1-4H3,(H2,18,23)(H2,19,20,21);1H. The van der Waals surface area contributed by atoms with Gasteiger partial charge >= 0.3 is 0 Å². The van der Waals surface area contributed by atoms with Crippen molar-refractivity contribution in [1.29, 1.82) is 0 Å². The number of amides is 1. The van der Waals surface area contributed by atoms with Crippen LogP contribution >= 0.6 is 24.0 Å². The average molecular weight is 453 g/mol. The largest absolute Gasteiger partial charge is 0.369 e. The number of aliphatic imine (C=N–C) groups is 1. The molecule has 1 rings (SSSR count). The van der Waals surface area contributed by atoms with Crippen molar-refractivity contribution in [1.82, 2.24) is 15.5 Å². The van der Waals surface area contributed by atoms with E-state index in [9.17, 15) is 4.79 Å². The Hall–Kier alpha value is -0.570. The van der Waals surface area contributed by atoms with E-state index in [1.54, 1.807) is 0 Å². The predicted octanol–water partition coefficient (Wildman–Crippen LogP) is 1.79. The first-order valence-electron chi connectivity index (χ1n) is 8.89. The van der Waals surface area contributed by atoms with Crippen LogP contribution in [0.1, 0.15) is 47.0 Å². The van der Waals surface area contributed by atoms with Gasteiger partial charge in [-0.05, 0) is 65.6 Å². The Labute approximate surface area is 164 Å². The molecule has 1 aliphatic rings. The van der Waals surface area contributed by atoms with Crippen LogP contribution in [0.4, 0.5) is 0 Å². The number of guanidine groups is 1. The van der Waals surface area contributed by atoms with Crippen LogP contribution in [-0.4, -0.2) is 56.0 Å². The van der Waals surface area contributed by atoms with Crippen LogP contribution in [0.25, 0.3) is 0 Å². The molecule has 1 aliphatic heterocycles. The number of rotatable bonds is 8. The summed E-state index contributed by atoms with van der Waals surface area (Å²) in [5, 5.41) is 6.55. The Kier molecular flexibility index (Phi) is 11.6. The summed E-state index contributed by atoms with van der Waals surface area (Å²) in [7, 11) is 0. The van der Waals surface area contributed by atoms with Gasteiger partial charge in [0.1, 0.15) is 0 Å². The minimum absolute atomic E-state index is 0. The summed E-state index contributed by atoms with van der Waals surface area (Å²) in [5.41, 5.74) is 4.77. The minimum Gasteiger partial charge on any atom is -0.369 e. The second-order valence-electron chi connectivity index (χ2n) is 7.25. The number of hydrogen-bond donors (Lipinski definition) is 3. The molecule has 0 aromatic rings. The maximum Gasteiger partial charge on any atom is 0.224 e. The number of nitrogens with zero attached hydrogens (tertiary/aromatic N) is 2. The van der Waals surface area contributed by atoms with Gasteiger partial charge in [0, 0.05) is 13.1 Å². The molecule has 142 valence electrons. The zero-order chi connectivity index (χ0) is 17.3. The molecule has 0 saturated carbocycles. The molecule has 0 aliphatic carbocycles. The second-order valence-corrected chi connectivity index (χ2v) is 7.25. The lowest BCUT2D eigenvalue weighted by molar-refractivity contribution is -0.125. The van der Waals surface area contributed by atoms with Crippen molar-refractivity contribution >= 4 is 35.8 Å². The molecule has 24 heavy (non-hydrogen) atoms. The fourth-order valence-electron chi connectivity index (χ4n) is 2.49. The number of primary amides is 1. The number of nitrogens with one attached hydrogen (secondary N) is 2. The fourth-order valence-corrected chi connectivity index (χ4v) is 2.49. The topological polar surface area (TPSA) is 82.7 Å². The molecule has 7 heteroatoms. The summed E-state index contributed by atoms with van der Waals surface area (Å²) in [5.74, 6) is 1.32. The lowest BCUT2D eigenvalue weighted by atomic mass is 9.93. The van der Waals surface area contributed by atoms with E-state index in [2.05, 4.69) is 27.4 Å². The highest BCUT2D eigenvalue weighted by atomic mass is 127. The van der Waals surface area contributed by atoms with Gasteiger partial charge in [-0.1, -0.05) is 6.92 Å². The van der Waals surface area contributed by atoms with E-state index in [-0.39, 0.29) is 29.9 Å². The molecule has 0 aromatic heterocycles. The molecule has 0 bridgehead atoms. The van der Waals surface area contributed by atoms with Crippen LogP contribution in [0.3, 0.4) is 0 Å². The molecular weight excluding hydrogens is 417 g/mol. The number of piperidine rings is 1. The summed E-state index contributed by atoms with van der Waals surface area (Å²) < 4.78 is 0. The number of carbonyl (C=O) groups excluding carboxylic acids is 1. The van der Waals surface area contributed by atoms with Crippen LogP contribution < -0.4 is 16.4 Å². The normalized spacial score (nSPS) is 17.2. The number of hydrogen-bond acceptors (Lipinski definition) is 3. The molecule has 1 saturated heterocycles. The van der Waals surface area contributed by atoms with Crippen molar-refractivity contribution in [2.45, 2.75) is 47.0 Å². The zero-order valence-corrected chi connectivity index (χ0v) is 18.1. The summed E-state index contributed by atoms with van der Waals surface area (Å²) in [6.07, 6.45) is 3.73. The van der Waals surface area contributed by atoms with E-state index in [1.807, 2.05) is 20.8 Å². The van der Waals surface area contributed by atoms with E-state index >= 15 is 0 Å². The van der Waals surface area contributed by atoms with Gasteiger partial charge < -0.3 is 21.3 Å². The van der Waals surface area contributed by atoms with Crippen LogP contribution in [-0.2, 0) is 4.79 Å². The SMILES string of the molecule is CCNC(=NCC(C)(C)C(N)=O)NCCCN1CCC(C)CC1.I. The second kappa shape index (κ2) is 11.9. The summed E-state index contributed by atoms with van der Waals surface area (Å²) in [6.45, 7) is 13.7. The van der Waals surface area contributed by atoms with Crippen molar-refractivity contribution in [2.24, 2.45) is 22.1 Å². The van der Waals surface area contributed by atoms with Crippen molar-refractivity contribution in [3.8, 4) is 0 Å². The molecule has 1 heterocycles. The lowest BCUT2D eigenvalue weighted by Gasteiger charge is -2.30. The third-order valence-electron chi connectivity index (χ3n) is 4.46. The van der Waals surface area contributed by atoms with Crippen LogP contribution in [0.15, 0.2) is 4.99 Å². The van der Waals surface area contributed by atoms with E-state index in [4.69, 9.17) is 5.73 Å². The maximum absolute atomic E-state index is 11.4. The van der Waals surface area contributed by atoms with Crippen molar-refractivity contribution in [3.05, 3.63) is 0 Å². The number of halogens is 1. The Bertz CT molecular complexity index is 392. The molecule has 0 radical (unpaired) electrons. The maximum atomic E-state index is 11.4. The zero-order valence-electron chi connectivity index (χ0n) is 15.7. The van der Waals surface area contributed by atoms with Crippen molar-refractivity contribution < 1.29 is 4.79 Å². The molecule has 0 aromatic carbocycles. The third kappa shape index (κ3) is 9.05. The summed E-state index contributed by atoms with van der Waals surface area (Å²) in [4.78, 5) is 18.4. The molecule has 0 unspecified atom stereocenters. The monoisotopic (exact) mass is 453 g/mol. The van der Waals surface area contributed by atoms with Gasteiger partial charge in [0.15, 0.2) is 5.96 Å². The Morgan fingerprint density at radius 2 is 1.92 bits per heavy atom. The van der Waals surface area contributed by atoms with Gasteiger partial charge in [-0.15, -0.1) is 24.0 Å². The number of likely N-dealkylation sites (tertiary alicyclic amines) is 1. The van der Waals surface area contributed by atoms with Crippen LogP contribution in [0, 0.1) is 11.3 Å². The molecule has 1 fully saturated rings. The summed E-state index contributed by atoms with van der Waals surface area (Å²) in [6, 6.07) is 0. The molecule has 0 atom stereocenters. The Balaban J connectivity index is 0.00000529. The number of carbonyl (C=O) groups is 1. The smallest absolute Gasteiger partial charge is 0.224 e. The fraction of sp³-hybridized carbons (Fsp3) is 0.882. The van der Waals surface area contributed by atoms with Crippen LogP contribution in [0.5, 0.6) is 0 Å². The van der Waals surface area contributed by atoms with Crippen LogP contribution in [0.2, 0.25) is 0 Å². The van der Waals surface area contributed by atoms with E-state index < -0.39 is 5.41 Å². The molecule has 0 spiro atoms. The van der Waals surface area contributed by atoms with Gasteiger partial charge in [0.05, 0.1) is 12.0 Å². The Morgan fingerprint density at radius 3 is 2.46 bits per heavy atom. The quantitative estimate of drug-likeness (QED) is 0.227. The van der Waals surface area contributed by atoms with Crippen molar-refractivity contribution in [2.75, 3.05) is 39.3 Å².